The van der Waals surface area contributed by atoms with Gasteiger partial charge < -0.3 is 5.32 Å². The molecule has 21 heavy (non-hydrogen) atoms. The molecule has 1 aliphatic carbocycles. The molecule has 2 heteroatoms. The summed E-state index contributed by atoms with van der Waals surface area (Å²) in [6.07, 6.45) is 7.89. The van der Waals surface area contributed by atoms with Gasteiger partial charge in [-0.2, -0.15) is 0 Å². The maximum atomic E-state index is 3.75. The molecule has 0 aromatic heterocycles. The van der Waals surface area contributed by atoms with Crippen LogP contribution in [0.1, 0.15) is 64.0 Å². The Morgan fingerprint density at radius 2 is 1.67 bits per heavy atom. The molecule has 0 radical (unpaired) electrons. The zero-order valence-electron chi connectivity index (χ0n) is 13.9. The van der Waals surface area contributed by atoms with Gasteiger partial charge in [0.05, 0.1) is 0 Å². The molecule has 118 valence electrons. The molecule has 1 aromatic rings. The van der Waals surface area contributed by atoms with E-state index in [1.807, 2.05) is 0 Å². The van der Waals surface area contributed by atoms with Crippen LogP contribution in [0.3, 0.4) is 0 Å². The van der Waals surface area contributed by atoms with Crippen molar-refractivity contribution in [2.45, 2.75) is 64.5 Å². The van der Waals surface area contributed by atoms with Crippen LogP contribution in [0, 0.1) is 0 Å². The SMILES string of the molecule is CCCCN(CCCC)C(CNC1CC1)c1ccccc1. The van der Waals surface area contributed by atoms with Crippen molar-refractivity contribution in [1.82, 2.24) is 10.2 Å². The zero-order valence-corrected chi connectivity index (χ0v) is 13.9. The summed E-state index contributed by atoms with van der Waals surface area (Å²) in [5.41, 5.74) is 1.47. The van der Waals surface area contributed by atoms with Gasteiger partial charge in [-0.25, -0.2) is 0 Å². The van der Waals surface area contributed by atoms with Crippen LogP contribution in [0.25, 0.3) is 0 Å². The van der Waals surface area contributed by atoms with Crippen LogP contribution in [0.15, 0.2) is 30.3 Å². The summed E-state index contributed by atoms with van der Waals surface area (Å²) in [5.74, 6) is 0. The van der Waals surface area contributed by atoms with Crippen LogP contribution < -0.4 is 5.32 Å². The second-order valence-electron chi connectivity index (χ2n) is 6.35. The summed E-state index contributed by atoms with van der Waals surface area (Å²) in [5, 5.41) is 3.75. The molecule has 1 aromatic carbocycles. The second-order valence-corrected chi connectivity index (χ2v) is 6.35. The van der Waals surface area contributed by atoms with Crippen molar-refractivity contribution < 1.29 is 0 Å². The van der Waals surface area contributed by atoms with Crippen LogP contribution in [-0.4, -0.2) is 30.6 Å². The Balaban J connectivity index is 2.04. The van der Waals surface area contributed by atoms with Gasteiger partial charge in [-0.15, -0.1) is 0 Å². The van der Waals surface area contributed by atoms with Gasteiger partial charge in [-0.3, -0.25) is 4.90 Å². The van der Waals surface area contributed by atoms with Gasteiger partial charge in [-0.1, -0.05) is 57.0 Å². The molecule has 1 saturated carbocycles. The lowest BCUT2D eigenvalue weighted by atomic mass is 10.0. The van der Waals surface area contributed by atoms with Gasteiger partial charge in [0, 0.05) is 18.6 Å². The maximum Gasteiger partial charge on any atom is 0.0472 e. The zero-order chi connectivity index (χ0) is 14.9. The number of nitrogens with zero attached hydrogens (tertiary/aromatic N) is 1. The lowest BCUT2D eigenvalue weighted by Gasteiger charge is -2.32. The number of benzene rings is 1. The van der Waals surface area contributed by atoms with E-state index < -0.39 is 0 Å². The number of nitrogens with one attached hydrogen (secondary N) is 1. The molecule has 1 aliphatic rings. The van der Waals surface area contributed by atoms with E-state index in [4.69, 9.17) is 0 Å². The fourth-order valence-corrected chi connectivity index (χ4v) is 2.84. The maximum absolute atomic E-state index is 3.75. The average molecular weight is 288 g/mol. The van der Waals surface area contributed by atoms with E-state index in [9.17, 15) is 0 Å². The third-order valence-corrected chi connectivity index (χ3v) is 4.40. The van der Waals surface area contributed by atoms with Crippen LogP contribution in [0.4, 0.5) is 0 Å². The second kappa shape index (κ2) is 9.22. The van der Waals surface area contributed by atoms with Crippen LogP contribution in [0.5, 0.6) is 0 Å². The van der Waals surface area contributed by atoms with Gasteiger partial charge in [0.2, 0.25) is 0 Å². The van der Waals surface area contributed by atoms with Crippen molar-refractivity contribution in [3.63, 3.8) is 0 Å². The van der Waals surface area contributed by atoms with Crippen molar-refractivity contribution in [1.29, 1.82) is 0 Å². The highest BCUT2D eigenvalue weighted by Crippen LogP contribution is 2.24. The van der Waals surface area contributed by atoms with E-state index in [1.165, 1.54) is 57.2 Å². The molecular formula is C19H32N2. The molecule has 2 nitrogen and oxygen atoms in total. The van der Waals surface area contributed by atoms with E-state index in [1.54, 1.807) is 0 Å². The van der Waals surface area contributed by atoms with Crippen molar-refractivity contribution in [3.05, 3.63) is 35.9 Å². The topological polar surface area (TPSA) is 15.3 Å². The van der Waals surface area contributed by atoms with Crippen molar-refractivity contribution in [2.75, 3.05) is 19.6 Å². The molecule has 0 heterocycles. The number of hydrogen-bond donors (Lipinski definition) is 1. The summed E-state index contributed by atoms with van der Waals surface area (Å²) in [7, 11) is 0. The molecule has 0 bridgehead atoms. The molecule has 1 N–H and O–H groups in total. The van der Waals surface area contributed by atoms with Crippen LogP contribution in [-0.2, 0) is 0 Å². The predicted octanol–water partition coefficient (Wildman–Crippen LogP) is 4.38. The minimum atomic E-state index is 0.532. The van der Waals surface area contributed by atoms with Gasteiger partial charge in [0.15, 0.2) is 0 Å². The van der Waals surface area contributed by atoms with Crippen LogP contribution >= 0.6 is 0 Å². The minimum absolute atomic E-state index is 0.532. The van der Waals surface area contributed by atoms with Crippen molar-refractivity contribution >= 4 is 0 Å². The molecule has 1 atom stereocenters. The van der Waals surface area contributed by atoms with E-state index in [0.717, 1.165) is 12.6 Å². The van der Waals surface area contributed by atoms with E-state index in [-0.39, 0.29) is 0 Å². The molecular weight excluding hydrogens is 256 g/mol. The predicted molar refractivity (Wildman–Crippen MR) is 91.6 cm³/mol. The lowest BCUT2D eigenvalue weighted by Crippen LogP contribution is -2.38. The number of unbranched alkanes of at least 4 members (excludes halogenated alkanes) is 2. The van der Waals surface area contributed by atoms with E-state index in [0.29, 0.717) is 6.04 Å². The highest BCUT2D eigenvalue weighted by molar-refractivity contribution is 5.19. The van der Waals surface area contributed by atoms with Crippen molar-refractivity contribution in [3.8, 4) is 0 Å². The molecule has 1 fully saturated rings. The average Bonchev–Trinajstić information content (AvgIpc) is 3.34. The molecule has 0 spiro atoms. The quantitative estimate of drug-likeness (QED) is 0.650. The molecule has 1 unspecified atom stereocenters. The number of rotatable bonds is 11. The molecule has 0 amide bonds. The summed E-state index contributed by atoms with van der Waals surface area (Å²) in [6, 6.07) is 12.4. The first-order valence-electron chi connectivity index (χ1n) is 8.87. The van der Waals surface area contributed by atoms with Gasteiger partial charge in [-0.05, 0) is 44.3 Å². The monoisotopic (exact) mass is 288 g/mol. The largest absolute Gasteiger partial charge is 0.312 e. The Labute approximate surface area is 130 Å². The standard InChI is InChI=1S/C19H32N2/c1-3-5-14-21(15-6-4-2)19(16-20-18-12-13-18)17-10-8-7-9-11-17/h7-11,18-20H,3-6,12-16H2,1-2H3. The van der Waals surface area contributed by atoms with Gasteiger partial charge >= 0.3 is 0 Å². The number of hydrogen-bond acceptors (Lipinski definition) is 2. The summed E-state index contributed by atoms with van der Waals surface area (Å²) < 4.78 is 0. The Bertz CT molecular complexity index is 364. The normalized spacial score (nSPS) is 16.3. The first-order valence-corrected chi connectivity index (χ1v) is 8.87. The highest BCUT2D eigenvalue weighted by Gasteiger charge is 2.25. The first kappa shape index (κ1) is 16.5. The molecule has 2 rings (SSSR count). The van der Waals surface area contributed by atoms with E-state index >= 15 is 0 Å². The Kier molecular flexibility index (Phi) is 7.25. The smallest absolute Gasteiger partial charge is 0.0472 e. The summed E-state index contributed by atoms with van der Waals surface area (Å²) >= 11 is 0. The van der Waals surface area contributed by atoms with Gasteiger partial charge in [0.25, 0.3) is 0 Å². The molecule has 0 aliphatic heterocycles. The Hall–Kier alpha value is -0.860. The highest BCUT2D eigenvalue weighted by atomic mass is 15.2. The summed E-state index contributed by atoms with van der Waals surface area (Å²) in [4.78, 5) is 2.71. The van der Waals surface area contributed by atoms with Gasteiger partial charge in [0.1, 0.15) is 0 Å². The van der Waals surface area contributed by atoms with E-state index in [2.05, 4.69) is 54.4 Å². The summed E-state index contributed by atoms with van der Waals surface area (Å²) in [6.45, 7) is 8.13. The fraction of sp³-hybridized carbons (Fsp3) is 0.684. The lowest BCUT2D eigenvalue weighted by molar-refractivity contribution is 0.186. The third kappa shape index (κ3) is 5.80. The fourth-order valence-electron chi connectivity index (χ4n) is 2.84. The van der Waals surface area contributed by atoms with Crippen molar-refractivity contribution in [2.24, 2.45) is 0 Å². The Morgan fingerprint density at radius 3 is 2.19 bits per heavy atom. The molecule has 0 saturated heterocycles. The minimum Gasteiger partial charge on any atom is -0.312 e. The van der Waals surface area contributed by atoms with Crippen LogP contribution in [0.2, 0.25) is 0 Å². The first-order chi connectivity index (χ1) is 10.3. The Morgan fingerprint density at radius 1 is 1.05 bits per heavy atom. The third-order valence-electron chi connectivity index (χ3n) is 4.40.